The van der Waals surface area contributed by atoms with Crippen molar-refractivity contribution in [3.63, 3.8) is 0 Å². The molecule has 1 aliphatic rings. The Hall–Kier alpha value is -3.37. The zero-order valence-electron chi connectivity index (χ0n) is 18.2. The normalized spacial score (nSPS) is 16.4. The highest BCUT2D eigenvalue weighted by Crippen LogP contribution is 2.32. The molecule has 0 unspecified atom stereocenters. The first kappa shape index (κ1) is 20.5. The molecule has 1 aliphatic heterocycles. The number of hydrogen-bond acceptors (Lipinski definition) is 3. The number of rotatable bonds is 8. The number of likely N-dealkylation sites (tertiary alicyclic amines) is 1. The molecule has 5 rings (SSSR count). The minimum Gasteiger partial charge on any atom is -0.488 e. The summed E-state index contributed by atoms with van der Waals surface area (Å²) in [6.07, 6.45) is 5.26. The van der Waals surface area contributed by atoms with Crippen LogP contribution < -0.4 is 4.74 Å². The number of fused-ring (bicyclic) bond motifs is 1. The van der Waals surface area contributed by atoms with Crippen LogP contribution in [0.25, 0.3) is 10.9 Å². The molecular formula is C28H28N2O2. The Morgan fingerprint density at radius 1 is 0.969 bits per heavy atom. The van der Waals surface area contributed by atoms with Gasteiger partial charge in [0.15, 0.2) is 5.78 Å². The summed E-state index contributed by atoms with van der Waals surface area (Å²) in [6, 6.07) is 26.4. The molecule has 0 aliphatic carbocycles. The van der Waals surface area contributed by atoms with Crippen molar-refractivity contribution in [2.24, 2.45) is 0 Å². The third-order valence-corrected chi connectivity index (χ3v) is 6.38. The number of aromatic amines is 1. The van der Waals surface area contributed by atoms with Crippen LogP contribution in [0.15, 0.2) is 85.1 Å². The van der Waals surface area contributed by atoms with Crippen molar-refractivity contribution in [2.75, 3.05) is 13.1 Å². The first-order valence-corrected chi connectivity index (χ1v) is 11.4. The van der Waals surface area contributed by atoms with E-state index in [9.17, 15) is 4.79 Å². The van der Waals surface area contributed by atoms with Crippen LogP contribution >= 0.6 is 0 Å². The van der Waals surface area contributed by atoms with E-state index in [1.54, 1.807) is 0 Å². The van der Waals surface area contributed by atoms with Crippen LogP contribution in [0.1, 0.15) is 34.3 Å². The van der Waals surface area contributed by atoms with Gasteiger partial charge >= 0.3 is 0 Å². The summed E-state index contributed by atoms with van der Waals surface area (Å²) in [7, 11) is 0. The van der Waals surface area contributed by atoms with Crippen LogP contribution in [0, 0.1) is 0 Å². The highest BCUT2D eigenvalue weighted by Gasteiger charge is 2.27. The van der Waals surface area contributed by atoms with E-state index < -0.39 is 0 Å². The predicted molar refractivity (Wildman–Crippen MR) is 128 cm³/mol. The minimum atomic E-state index is 0.198. The summed E-state index contributed by atoms with van der Waals surface area (Å²) in [5, 5.41) is 1.16. The molecule has 1 saturated heterocycles. The second-order valence-corrected chi connectivity index (χ2v) is 8.53. The lowest BCUT2D eigenvalue weighted by molar-refractivity contribution is 0.0921. The molecule has 0 amide bonds. The Balaban J connectivity index is 1.32. The van der Waals surface area contributed by atoms with Crippen LogP contribution in [0.4, 0.5) is 0 Å². The molecule has 2 heterocycles. The van der Waals surface area contributed by atoms with Crippen molar-refractivity contribution in [3.05, 3.63) is 102 Å². The van der Waals surface area contributed by atoms with Crippen molar-refractivity contribution >= 4 is 16.7 Å². The Labute approximate surface area is 188 Å². The monoisotopic (exact) mass is 424 g/mol. The van der Waals surface area contributed by atoms with E-state index in [1.165, 1.54) is 5.56 Å². The van der Waals surface area contributed by atoms with Gasteiger partial charge in [-0.05, 0) is 49.1 Å². The molecule has 3 aromatic carbocycles. The minimum absolute atomic E-state index is 0.198. The van der Waals surface area contributed by atoms with Gasteiger partial charge in [-0.1, -0.05) is 66.7 Å². The van der Waals surface area contributed by atoms with Gasteiger partial charge in [0.05, 0.1) is 6.54 Å². The lowest BCUT2D eigenvalue weighted by atomic mass is 10.0. The van der Waals surface area contributed by atoms with Crippen LogP contribution in [-0.2, 0) is 13.0 Å². The summed E-state index contributed by atoms with van der Waals surface area (Å²) < 4.78 is 6.23. The quantitative estimate of drug-likeness (QED) is 0.373. The molecular weight excluding hydrogens is 396 g/mol. The predicted octanol–water partition coefficient (Wildman–Crippen LogP) is 5.64. The van der Waals surface area contributed by atoms with Gasteiger partial charge in [0.2, 0.25) is 0 Å². The van der Waals surface area contributed by atoms with Crippen LogP contribution in [-0.4, -0.2) is 34.8 Å². The molecule has 32 heavy (non-hydrogen) atoms. The summed E-state index contributed by atoms with van der Waals surface area (Å²) in [4.78, 5) is 18.5. The number of benzene rings is 3. The van der Waals surface area contributed by atoms with E-state index in [0.29, 0.717) is 19.2 Å². The van der Waals surface area contributed by atoms with Crippen LogP contribution in [0.3, 0.4) is 0 Å². The number of carbonyl (C=O) groups excluding carboxylic acids is 1. The van der Waals surface area contributed by atoms with Gasteiger partial charge in [-0.2, -0.15) is 0 Å². The van der Waals surface area contributed by atoms with Gasteiger partial charge in [-0.25, -0.2) is 0 Å². The van der Waals surface area contributed by atoms with Gasteiger partial charge in [-0.15, -0.1) is 0 Å². The second-order valence-electron chi connectivity index (χ2n) is 8.53. The first-order chi connectivity index (χ1) is 15.8. The molecule has 0 bridgehead atoms. The third-order valence-electron chi connectivity index (χ3n) is 6.38. The van der Waals surface area contributed by atoms with Gasteiger partial charge < -0.3 is 9.72 Å². The van der Waals surface area contributed by atoms with E-state index in [0.717, 1.165) is 53.6 Å². The van der Waals surface area contributed by atoms with Crippen molar-refractivity contribution in [1.82, 2.24) is 9.88 Å². The summed E-state index contributed by atoms with van der Waals surface area (Å²) in [5.74, 6) is 1.11. The fraction of sp³-hybridized carbons (Fsp3) is 0.250. The number of aromatic nitrogens is 1. The number of nitrogens with one attached hydrogen (secondary N) is 1. The van der Waals surface area contributed by atoms with Gasteiger partial charge in [-0.3, -0.25) is 9.69 Å². The fourth-order valence-corrected chi connectivity index (χ4v) is 4.72. The number of nitrogens with zero attached hydrogens (tertiary/aromatic N) is 1. The van der Waals surface area contributed by atoms with Crippen molar-refractivity contribution < 1.29 is 9.53 Å². The molecule has 1 aromatic heterocycles. The van der Waals surface area contributed by atoms with Crippen molar-refractivity contribution in [1.29, 1.82) is 0 Å². The number of carbonyl (C=O) groups is 1. The maximum absolute atomic E-state index is 12.8. The zero-order chi connectivity index (χ0) is 21.8. The molecule has 1 N–H and O–H groups in total. The van der Waals surface area contributed by atoms with Gasteiger partial charge in [0.1, 0.15) is 12.4 Å². The Morgan fingerprint density at radius 2 is 1.75 bits per heavy atom. The first-order valence-electron chi connectivity index (χ1n) is 11.4. The van der Waals surface area contributed by atoms with Crippen LogP contribution in [0.2, 0.25) is 0 Å². The summed E-state index contributed by atoms with van der Waals surface area (Å²) >= 11 is 0. The van der Waals surface area contributed by atoms with Crippen molar-refractivity contribution in [2.45, 2.75) is 31.9 Å². The number of ether oxygens (including phenoxy) is 1. The Bertz CT molecular complexity index is 1180. The summed E-state index contributed by atoms with van der Waals surface area (Å²) in [5.41, 5.74) is 4.30. The molecule has 162 valence electrons. The lowest BCUT2D eigenvalue weighted by Gasteiger charge is -2.24. The molecule has 0 saturated carbocycles. The molecule has 4 aromatic rings. The Kier molecular flexibility index (Phi) is 6.04. The second kappa shape index (κ2) is 9.41. The fourth-order valence-electron chi connectivity index (χ4n) is 4.72. The molecule has 1 fully saturated rings. The highest BCUT2D eigenvalue weighted by molar-refractivity contribution is 5.97. The molecule has 4 heteroatoms. The SMILES string of the molecule is O=C(CN1CCC[C@H]1Cc1c[nH]c2cccc(OCc3ccccc3)c12)c1ccccc1. The van der Waals surface area contributed by atoms with E-state index >= 15 is 0 Å². The van der Waals surface area contributed by atoms with Crippen LogP contribution in [0.5, 0.6) is 5.75 Å². The maximum atomic E-state index is 12.8. The number of hydrogen-bond donors (Lipinski definition) is 1. The highest BCUT2D eigenvalue weighted by atomic mass is 16.5. The van der Waals surface area contributed by atoms with E-state index in [2.05, 4.69) is 34.3 Å². The zero-order valence-corrected chi connectivity index (χ0v) is 18.2. The van der Waals surface area contributed by atoms with E-state index in [1.807, 2.05) is 60.7 Å². The standard InChI is InChI=1S/C28H28N2O2/c31-26(22-11-5-2-6-12-22)19-30-16-8-13-24(30)17-23-18-29-25-14-7-15-27(28(23)25)32-20-21-9-3-1-4-10-21/h1-7,9-12,14-15,18,24,29H,8,13,16-17,19-20H2/t24-/m0/s1. The molecule has 1 atom stereocenters. The van der Waals surface area contributed by atoms with Crippen molar-refractivity contribution in [3.8, 4) is 5.75 Å². The van der Waals surface area contributed by atoms with Gasteiger partial charge in [0.25, 0.3) is 0 Å². The largest absolute Gasteiger partial charge is 0.488 e. The summed E-state index contributed by atoms with van der Waals surface area (Å²) in [6.45, 7) is 2.00. The number of Topliss-reactive ketones (excluding diaryl/α,β-unsaturated/α-hetero) is 1. The lowest BCUT2D eigenvalue weighted by Crippen LogP contribution is -2.35. The van der Waals surface area contributed by atoms with Gasteiger partial charge in [0, 0.05) is 28.7 Å². The average Bonchev–Trinajstić information content (AvgIpc) is 3.46. The third kappa shape index (κ3) is 4.46. The van der Waals surface area contributed by atoms with E-state index in [4.69, 9.17) is 4.74 Å². The Morgan fingerprint density at radius 3 is 2.56 bits per heavy atom. The average molecular weight is 425 g/mol. The topological polar surface area (TPSA) is 45.3 Å². The smallest absolute Gasteiger partial charge is 0.176 e. The maximum Gasteiger partial charge on any atom is 0.176 e. The number of ketones is 1. The molecule has 4 nitrogen and oxygen atoms in total. The molecule has 0 spiro atoms. The number of H-pyrrole nitrogens is 1. The van der Waals surface area contributed by atoms with E-state index in [-0.39, 0.29) is 5.78 Å². The molecule has 0 radical (unpaired) electrons.